The molecular weight excluding hydrogens is 330 g/mol. The summed E-state index contributed by atoms with van der Waals surface area (Å²) in [5.41, 5.74) is 2.12. The van der Waals surface area contributed by atoms with Crippen molar-refractivity contribution in [2.75, 3.05) is 0 Å². The van der Waals surface area contributed by atoms with Gasteiger partial charge in [-0.05, 0) is 30.2 Å². The molecular formula is C17H18BrNO2. The lowest BCUT2D eigenvalue weighted by molar-refractivity contribution is -0.132. The second kappa shape index (κ2) is 7.96. The van der Waals surface area contributed by atoms with Gasteiger partial charge in [0.2, 0.25) is 5.91 Å². The first-order valence-corrected chi connectivity index (χ1v) is 7.62. The third-order valence-electron chi connectivity index (χ3n) is 3.09. The quantitative estimate of drug-likeness (QED) is 0.865. The highest BCUT2D eigenvalue weighted by Gasteiger charge is 2.12. The standard InChI is InChI=1S/C17H18BrNO2/c1-13(21-12-15-5-3-2-4-6-15)17(20)19-11-14-7-9-16(18)10-8-14/h2-10,13H,11-12H2,1H3,(H,19,20). The average Bonchev–Trinajstić information content (AvgIpc) is 2.52. The van der Waals surface area contributed by atoms with Gasteiger partial charge in [0.1, 0.15) is 6.10 Å². The fourth-order valence-corrected chi connectivity index (χ4v) is 2.07. The summed E-state index contributed by atoms with van der Waals surface area (Å²) in [4.78, 5) is 12.0. The summed E-state index contributed by atoms with van der Waals surface area (Å²) < 4.78 is 6.60. The molecule has 1 unspecified atom stereocenters. The summed E-state index contributed by atoms with van der Waals surface area (Å²) in [5, 5.41) is 2.88. The lowest BCUT2D eigenvalue weighted by Gasteiger charge is -2.13. The second-order valence-corrected chi connectivity index (χ2v) is 5.70. The van der Waals surface area contributed by atoms with E-state index in [-0.39, 0.29) is 5.91 Å². The van der Waals surface area contributed by atoms with E-state index in [0.29, 0.717) is 13.2 Å². The molecule has 0 saturated carbocycles. The lowest BCUT2D eigenvalue weighted by Crippen LogP contribution is -2.33. The van der Waals surface area contributed by atoms with Crippen molar-refractivity contribution in [2.24, 2.45) is 0 Å². The van der Waals surface area contributed by atoms with Crippen LogP contribution < -0.4 is 5.32 Å². The Kier molecular flexibility index (Phi) is 5.96. The minimum absolute atomic E-state index is 0.103. The Morgan fingerprint density at radius 1 is 1.10 bits per heavy atom. The third kappa shape index (κ3) is 5.33. The zero-order valence-electron chi connectivity index (χ0n) is 11.9. The number of hydrogen-bond acceptors (Lipinski definition) is 2. The Hall–Kier alpha value is -1.65. The normalized spacial score (nSPS) is 11.9. The minimum atomic E-state index is -0.472. The Labute approximate surface area is 133 Å². The van der Waals surface area contributed by atoms with Crippen molar-refractivity contribution >= 4 is 21.8 Å². The van der Waals surface area contributed by atoms with Crippen LogP contribution in [0.25, 0.3) is 0 Å². The molecule has 0 aromatic heterocycles. The molecule has 1 atom stereocenters. The van der Waals surface area contributed by atoms with Crippen molar-refractivity contribution in [2.45, 2.75) is 26.2 Å². The smallest absolute Gasteiger partial charge is 0.249 e. The van der Waals surface area contributed by atoms with Gasteiger partial charge in [0.25, 0.3) is 0 Å². The molecule has 0 aliphatic carbocycles. The Balaban J connectivity index is 1.76. The molecule has 0 fully saturated rings. The molecule has 1 amide bonds. The summed E-state index contributed by atoms with van der Waals surface area (Å²) in [6.07, 6.45) is -0.472. The number of nitrogens with one attached hydrogen (secondary N) is 1. The molecule has 2 aromatic carbocycles. The van der Waals surface area contributed by atoms with Crippen molar-refractivity contribution < 1.29 is 9.53 Å². The van der Waals surface area contributed by atoms with Crippen LogP contribution in [0.4, 0.5) is 0 Å². The van der Waals surface area contributed by atoms with Crippen molar-refractivity contribution in [1.29, 1.82) is 0 Å². The molecule has 21 heavy (non-hydrogen) atoms. The van der Waals surface area contributed by atoms with Crippen LogP contribution in [0, 0.1) is 0 Å². The number of halogens is 1. The fourth-order valence-electron chi connectivity index (χ4n) is 1.81. The van der Waals surface area contributed by atoms with Crippen LogP contribution >= 0.6 is 15.9 Å². The molecule has 2 rings (SSSR count). The number of ether oxygens (including phenoxy) is 1. The van der Waals surface area contributed by atoms with Crippen LogP contribution in [0.3, 0.4) is 0 Å². The van der Waals surface area contributed by atoms with Gasteiger partial charge in [-0.2, -0.15) is 0 Å². The fraction of sp³-hybridized carbons (Fsp3) is 0.235. The first-order valence-electron chi connectivity index (χ1n) is 6.83. The maximum Gasteiger partial charge on any atom is 0.249 e. The summed E-state index contributed by atoms with van der Waals surface area (Å²) in [5.74, 6) is -0.103. The average molecular weight is 348 g/mol. The van der Waals surface area contributed by atoms with E-state index in [1.54, 1.807) is 6.92 Å². The van der Waals surface area contributed by atoms with Gasteiger partial charge >= 0.3 is 0 Å². The predicted molar refractivity (Wildman–Crippen MR) is 86.7 cm³/mol. The van der Waals surface area contributed by atoms with E-state index < -0.39 is 6.10 Å². The van der Waals surface area contributed by atoms with Crippen molar-refractivity contribution in [3.8, 4) is 0 Å². The first-order chi connectivity index (χ1) is 10.1. The molecule has 110 valence electrons. The van der Waals surface area contributed by atoms with E-state index in [4.69, 9.17) is 4.74 Å². The topological polar surface area (TPSA) is 38.3 Å². The van der Waals surface area contributed by atoms with Crippen LogP contribution in [0.5, 0.6) is 0 Å². The summed E-state index contributed by atoms with van der Waals surface area (Å²) in [6.45, 7) is 2.71. The zero-order valence-corrected chi connectivity index (χ0v) is 13.5. The molecule has 0 bridgehead atoms. The van der Waals surface area contributed by atoms with E-state index in [9.17, 15) is 4.79 Å². The Bertz CT molecular complexity index is 569. The third-order valence-corrected chi connectivity index (χ3v) is 3.62. The van der Waals surface area contributed by atoms with E-state index in [1.165, 1.54) is 0 Å². The van der Waals surface area contributed by atoms with Crippen LogP contribution in [-0.2, 0) is 22.7 Å². The highest BCUT2D eigenvalue weighted by atomic mass is 79.9. The van der Waals surface area contributed by atoms with Crippen LogP contribution in [0.1, 0.15) is 18.1 Å². The first kappa shape index (κ1) is 15.7. The van der Waals surface area contributed by atoms with E-state index in [1.807, 2.05) is 54.6 Å². The zero-order chi connectivity index (χ0) is 15.1. The molecule has 3 nitrogen and oxygen atoms in total. The molecule has 4 heteroatoms. The van der Waals surface area contributed by atoms with Crippen LogP contribution in [0.2, 0.25) is 0 Å². The molecule has 2 aromatic rings. The van der Waals surface area contributed by atoms with Gasteiger partial charge in [0.05, 0.1) is 6.61 Å². The molecule has 0 aliphatic rings. The number of carbonyl (C=O) groups excluding carboxylic acids is 1. The molecule has 0 radical (unpaired) electrons. The number of hydrogen-bond donors (Lipinski definition) is 1. The SMILES string of the molecule is CC(OCc1ccccc1)C(=O)NCc1ccc(Br)cc1. The van der Waals surface area contributed by atoms with Gasteiger partial charge in [-0.3, -0.25) is 4.79 Å². The minimum Gasteiger partial charge on any atom is -0.364 e. The van der Waals surface area contributed by atoms with Crippen molar-refractivity contribution in [3.63, 3.8) is 0 Å². The van der Waals surface area contributed by atoms with Gasteiger partial charge in [-0.25, -0.2) is 0 Å². The number of amides is 1. The highest BCUT2D eigenvalue weighted by Crippen LogP contribution is 2.10. The Morgan fingerprint density at radius 3 is 2.43 bits per heavy atom. The van der Waals surface area contributed by atoms with Gasteiger partial charge in [-0.15, -0.1) is 0 Å². The molecule has 0 spiro atoms. The summed E-state index contributed by atoms with van der Waals surface area (Å²) in [6, 6.07) is 17.7. The van der Waals surface area contributed by atoms with Crippen LogP contribution in [0.15, 0.2) is 59.1 Å². The maximum atomic E-state index is 12.0. The number of rotatable bonds is 6. The van der Waals surface area contributed by atoms with E-state index >= 15 is 0 Å². The van der Waals surface area contributed by atoms with Gasteiger partial charge < -0.3 is 10.1 Å². The Morgan fingerprint density at radius 2 is 1.76 bits per heavy atom. The molecule has 0 saturated heterocycles. The van der Waals surface area contributed by atoms with Crippen molar-refractivity contribution in [3.05, 3.63) is 70.2 Å². The maximum absolute atomic E-state index is 12.0. The second-order valence-electron chi connectivity index (χ2n) is 4.78. The monoisotopic (exact) mass is 347 g/mol. The number of benzene rings is 2. The highest BCUT2D eigenvalue weighted by molar-refractivity contribution is 9.10. The van der Waals surface area contributed by atoms with E-state index in [0.717, 1.165) is 15.6 Å². The van der Waals surface area contributed by atoms with Gasteiger partial charge in [-0.1, -0.05) is 58.4 Å². The number of carbonyl (C=O) groups is 1. The molecule has 0 aliphatic heterocycles. The lowest BCUT2D eigenvalue weighted by atomic mass is 10.2. The van der Waals surface area contributed by atoms with Gasteiger partial charge in [0, 0.05) is 11.0 Å². The summed E-state index contributed by atoms with van der Waals surface area (Å²) in [7, 11) is 0. The molecule has 0 heterocycles. The largest absolute Gasteiger partial charge is 0.364 e. The van der Waals surface area contributed by atoms with Gasteiger partial charge in [0.15, 0.2) is 0 Å². The van der Waals surface area contributed by atoms with E-state index in [2.05, 4.69) is 21.2 Å². The predicted octanol–water partition coefficient (Wildman–Crippen LogP) is 3.67. The molecule has 1 N–H and O–H groups in total. The van der Waals surface area contributed by atoms with Crippen molar-refractivity contribution in [1.82, 2.24) is 5.32 Å². The summed E-state index contributed by atoms with van der Waals surface area (Å²) >= 11 is 3.38. The van der Waals surface area contributed by atoms with Crippen LogP contribution in [-0.4, -0.2) is 12.0 Å².